The average Bonchev–Trinajstić information content (AvgIpc) is 2.27. The number of rotatable bonds is 2. The average molecular weight is 280 g/mol. The lowest BCUT2D eigenvalue weighted by Crippen LogP contribution is -2.41. The SMILES string of the molecule is Cc1ccc(C(N)=S)c(N2CC(C)SC(C)C2)c1. The minimum absolute atomic E-state index is 0.489. The Morgan fingerprint density at radius 3 is 2.50 bits per heavy atom. The highest BCUT2D eigenvalue weighted by molar-refractivity contribution is 8.00. The lowest BCUT2D eigenvalue weighted by Gasteiger charge is -2.37. The van der Waals surface area contributed by atoms with E-state index in [1.807, 2.05) is 6.07 Å². The number of hydrogen-bond acceptors (Lipinski definition) is 3. The van der Waals surface area contributed by atoms with Crippen LogP contribution in [0.25, 0.3) is 0 Å². The molecule has 2 unspecified atom stereocenters. The zero-order valence-corrected chi connectivity index (χ0v) is 12.8. The molecule has 0 saturated carbocycles. The second-order valence-electron chi connectivity index (χ2n) is 5.05. The topological polar surface area (TPSA) is 29.3 Å². The molecular formula is C14H20N2S2. The number of thiocarbonyl (C=S) groups is 1. The van der Waals surface area contributed by atoms with E-state index in [2.05, 4.69) is 49.6 Å². The molecular weight excluding hydrogens is 260 g/mol. The van der Waals surface area contributed by atoms with Crippen molar-refractivity contribution in [2.75, 3.05) is 18.0 Å². The van der Waals surface area contributed by atoms with Gasteiger partial charge < -0.3 is 10.6 Å². The molecule has 0 bridgehead atoms. The Morgan fingerprint density at radius 2 is 1.94 bits per heavy atom. The Morgan fingerprint density at radius 1 is 1.33 bits per heavy atom. The smallest absolute Gasteiger partial charge is 0.106 e. The molecule has 0 amide bonds. The quantitative estimate of drug-likeness (QED) is 0.843. The summed E-state index contributed by atoms with van der Waals surface area (Å²) in [6.45, 7) is 8.80. The number of nitrogens with two attached hydrogens (primary N) is 1. The van der Waals surface area contributed by atoms with Crippen LogP contribution in [-0.2, 0) is 0 Å². The molecule has 0 aromatic heterocycles. The van der Waals surface area contributed by atoms with Crippen molar-refractivity contribution in [2.24, 2.45) is 5.73 Å². The molecule has 98 valence electrons. The summed E-state index contributed by atoms with van der Waals surface area (Å²) in [6.07, 6.45) is 0. The van der Waals surface area contributed by atoms with E-state index >= 15 is 0 Å². The second-order valence-corrected chi connectivity index (χ2v) is 7.37. The first-order chi connectivity index (χ1) is 8.47. The van der Waals surface area contributed by atoms with Gasteiger partial charge in [-0.1, -0.05) is 32.1 Å². The van der Waals surface area contributed by atoms with Crippen molar-refractivity contribution in [3.63, 3.8) is 0 Å². The van der Waals surface area contributed by atoms with E-state index in [-0.39, 0.29) is 0 Å². The van der Waals surface area contributed by atoms with Crippen LogP contribution < -0.4 is 10.6 Å². The van der Waals surface area contributed by atoms with Gasteiger partial charge in [-0.15, -0.1) is 0 Å². The zero-order chi connectivity index (χ0) is 13.3. The van der Waals surface area contributed by atoms with Gasteiger partial charge in [0.2, 0.25) is 0 Å². The van der Waals surface area contributed by atoms with E-state index in [0.717, 1.165) is 18.7 Å². The molecule has 2 rings (SSSR count). The number of anilines is 1. The van der Waals surface area contributed by atoms with Crippen molar-refractivity contribution in [1.29, 1.82) is 0 Å². The van der Waals surface area contributed by atoms with Gasteiger partial charge in [-0.25, -0.2) is 0 Å². The maximum absolute atomic E-state index is 5.84. The lowest BCUT2D eigenvalue weighted by molar-refractivity contribution is 0.727. The Kier molecular flexibility index (Phi) is 4.17. The molecule has 2 nitrogen and oxygen atoms in total. The van der Waals surface area contributed by atoms with Crippen molar-refractivity contribution in [2.45, 2.75) is 31.3 Å². The van der Waals surface area contributed by atoms with Crippen LogP contribution in [0.5, 0.6) is 0 Å². The molecule has 0 spiro atoms. The van der Waals surface area contributed by atoms with Crippen molar-refractivity contribution >= 4 is 34.7 Å². The molecule has 1 aliphatic rings. The number of thioether (sulfide) groups is 1. The predicted molar refractivity (Wildman–Crippen MR) is 85.8 cm³/mol. The van der Waals surface area contributed by atoms with Gasteiger partial charge >= 0.3 is 0 Å². The molecule has 1 aliphatic heterocycles. The standard InChI is InChI=1S/C14H20N2S2/c1-9-4-5-12(14(15)17)13(6-9)16-7-10(2)18-11(3)8-16/h4-6,10-11H,7-8H2,1-3H3,(H2,15,17). The number of aryl methyl sites for hydroxylation is 1. The highest BCUT2D eigenvalue weighted by Crippen LogP contribution is 2.31. The number of nitrogens with zero attached hydrogens (tertiary/aromatic N) is 1. The first kappa shape index (κ1) is 13.7. The zero-order valence-electron chi connectivity index (χ0n) is 11.1. The Hall–Kier alpha value is -0.740. The van der Waals surface area contributed by atoms with Crippen LogP contribution in [-0.4, -0.2) is 28.6 Å². The van der Waals surface area contributed by atoms with E-state index in [0.29, 0.717) is 15.5 Å². The van der Waals surface area contributed by atoms with Gasteiger partial charge in [0.15, 0.2) is 0 Å². The molecule has 4 heteroatoms. The predicted octanol–water partition coefficient (Wildman–Crippen LogP) is 2.96. The van der Waals surface area contributed by atoms with Crippen LogP contribution in [0.3, 0.4) is 0 Å². The summed E-state index contributed by atoms with van der Waals surface area (Å²) in [7, 11) is 0. The fourth-order valence-electron chi connectivity index (χ4n) is 2.49. The maximum Gasteiger partial charge on any atom is 0.106 e. The highest BCUT2D eigenvalue weighted by Gasteiger charge is 2.24. The number of hydrogen-bond donors (Lipinski definition) is 1. The molecule has 1 aromatic rings. The highest BCUT2D eigenvalue weighted by atomic mass is 32.2. The summed E-state index contributed by atoms with van der Waals surface area (Å²) in [5.74, 6) is 0. The third-order valence-corrected chi connectivity index (χ3v) is 4.63. The van der Waals surface area contributed by atoms with Gasteiger partial charge in [-0.2, -0.15) is 11.8 Å². The van der Waals surface area contributed by atoms with E-state index in [1.165, 1.54) is 11.3 Å². The van der Waals surface area contributed by atoms with Gasteiger partial charge in [-0.05, 0) is 24.6 Å². The van der Waals surface area contributed by atoms with Crippen LogP contribution in [0.2, 0.25) is 0 Å². The van der Waals surface area contributed by atoms with E-state index in [4.69, 9.17) is 18.0 Å². The molecule has 1 saturated heterocycles. The first-order valence-electron chi connectivity index (χ1n) is 6.28. The van der Waals surface area contributed by atoms with Gasteiger partial charge in [0, 0.05) is 34.8 Å². The van der Waals surface area contributed by atoms with Crippen LogP contribution >= 0.6 is 24.0 Å². The van der Waals surface area contributed by atoms with Crippen LogP contribution in [0.1, 0.15) is 25.0 Å². The summed E-state index contributed by atoms with van der Waals surface area (Å²) in [5, 5.41) is 1.29. The Balaban J connectivity index is 2.36. The molecule has 1 fully saturated rings. The molecule has 1 aromatic carbocycles. The van der Waals surface area contributed by atoms with Gasteiger partial charge in [0.05, 0.1) is 0 Å². The largest absolute Gasteiger partial charge is 0.389 e. The molecule has 2 atom stereocenters. The van der Waals surface area contributed by atoms with E-state index < -0.39 is 0 Å². The molecule has 0 aliphatic carbocycles. The summed E-state index contributed by atoms with van der Waals surface area (Å²) in [6, 6.07) is 6.32. The summed E-state index contributed by atoms with van der Waals surface area (Å²) in [5.41, 5.74) is 9.29. The minimum atomic E-state index is 0.489. The monoisotopic (exact) mass is 280 g/mol. The minimum Gasteiger partial charge on any atom is -0.389 e. The van der Waals surface area contributed by atoms with Crippen LogP contribution in [0, 0.1) is 6.92 Å². The summed E-state index contributed by atoms with van der Waals surface area (Å²) < 4.78 is 0. The van der Waals surface area contributed by atoms with E-state index in [1.54, 1.807) is 0 Å². The lowest BCUT2D eigenvalue weighted by atomic mass is 10.1. The van der Waals surface area contributed by atoms with Gasteiger partial charge in [0.1, 0.15) is 4.99 Å². The number of benzene rings is 1. The third-order valence-electron chi connectivity index (χ3n) is 3.18. The van der Waals surface area contributed by atoms with Crippen molar-refractivity contribution < 1.29 is 0 Å². The second kappa shape index (κ2) is 5.49. The third kappa shape index (κ3) is 2.98. The van der Waals surface area contributed by atoms with Crippen molar-refractivity contribution in [1.82, 2.24) is 0 Å². The Labute approximate surface area is 119 Å². The van der Waals surface area contributed by atoms with Crippen LogP contribution in [0.15, 0.2) is 18.2 Å². The summed E-state index contributed by atoms with van der Waals surface area (Å²) >= 11 is 7.22. The molecule has 1 heterocycles. The Bertz CT molecular complexity index is 449. The fraction of sp³-hybridized carbons (Fsp3) is 0.500. The van der Waals surface area contributed by atoms with Crippen molar-refractivity contribution in [3.05, 3.63) is 29.3 Å². The van der Waals surface area contributed by atoms with E-state index in [9.17, 15) is 0 Å². The summed E-state index contributed by atoms with van der Waals surface area (Å²) in [4.78, 5) is 2.91. The normalized spacial score (nSPS) is 24.1. The fourth-order valence-corrected chi connectivity index (χ4v) is 3.98. The van der Waals surface area contributed by atoms with Crippen LogP contribution in [0.4, 0.5) is 5.69 Å². The molecule has 2 N–H and O–H groups in total. The van der Waals surface area contributed by atoms with Gasteiger partial charge in [0.25, 0.3) is 0 Å². The van der Waals surface area contributed by atoms with Crippen molar-refractivity contribution in [3.8, 4) is 0 Å². The first-order valence-corrected chi connectivity index (χ1v) is 7.63. The maximum atomic E-state index is 5.84. The molecule has 18 heavy (non-hydrogen) atoms. The molecule has 0 radical (unpaired) electrons. The van der Waals surface area contributed by atoms with Gasteiger partial charge in [-0.3, -0.25) is 0 Å².